The van der Waals surface area contributed by atoms with Gasteiger partial charge in [-0.1, -0.05) is 113 Å². The second-order valence-electron chi connectivity index (χ2n) is 12.6. The van der Waals surface area contributed by atoms with Crippen LogP contribution in [0.3, 0.4) is 0 Å². The van der Waals surface area contributed by atoms with E-state index in [4.69, 9.17) is 0 Å². The fourth-order valence-electron chi connectivity index (χ4n) is 6.97. The van der Waals surface area contributed by atoms with Crippen molar-refractivity contribution in [3.8, 4) is 11.8 Å². The molecule has 7 rings (SSSR count). The van der Waals surface area contributed by atoms with Gasteiger partial charge in [-0.3, -0.25) is 0 Å². The number of para-hydroxylation sites is 1. The van der Waals surface area contributed by atoms with Gasteiger partial charge in [-0.05, 0) is 67.8 Å². The third-order valence-electron chi connectivity index (χ3n) is 9.41. The van der Waals surface area contributed by atoms with Crippen LogP contribution in [-0.4, -0.2) is 4.57 Å². The summed E-state index contributed by atoms with van der Waals surface area (Å²) in [6.45, 7) is 5.47. The first-order valence-electron chi connectivity index (χ1n) is 17.1. The lowest BCUT2D eigenvalue weighted by Crippen LogP contribution is -1.92. The number of hydrogen-bond donors (Lipinski definition) is 0. The van der Waals surface area contributed by atoms with Gasteiger partial charge in [0.1, 0.15) is 0 Å². The number of aryl methyl sites for hydroxylation is 2. The molecule has 3 heterocycles. The Kier molecular flexibility index (Phi) is 9.24. The van der Waals surface area contributed by atoms with E-state index in [9.17, 15) is 0 Å². The van der Waals surface area contributed by atoms with E-state index < -0.39 is 0 Å². The van der Waals surface area contributed by atoms with Crippen LogP contribution in [0.25, 0.3) is 51.4 Å². The molecular formula is C42H43NS2. The first-order valence-corrected chi connectivity index (χ1v) is 18.8. The molecule has 0 amide bonds. The van der Waals surface area contributed by atoms with Gasteiger partial charge in [0.2, 0.25) is 0 Å². The first-order chi connectivity index (χ1) is 22.2. The van der Waals surface area contributed by atoms with Crippen LogP contribution in [0.1, 0.15) is 94.7 Å². The van der Waals surface area contributed by atoms with E-state index in [1.807, 2.05) is 22.7 Å². The van der Waals surface area contributed by atoms with E-state index in [1.165, 1.54) is 128 Å². The monoisotopic (exact) mass is 625 g/mol. The lowest BCUT2D eigenvalue weighted by molar-refractivity contribution is 0.556. The summed E-state index contributed by atoms with van der Waals surface area (Å²) in [5, 5.41) is 5.37. The molecule has 0 saturated heterocycles. The molecule has 0 aliphatic heterocycles. The van der Waals surface area contributed by atoms with Gasteiger partial charge in [0.05, 0.1) is 9.40 Å². The fraction of sp³-hybridized carbons (Fsp3) is 0.333. The average Bonchev–Trinajstić information content (AvgIpc) is 3.71. The molecule has 0 fully saturated rings. The maximum Gasteiger partial charge on any atom is 0.0542 e. The van der Waals surface area contributed by atoms with Crippen LogP contribution in [0.5, 0.6) is 0 Å². The van der Waals surface area contributed by atoms with Crippen molar-refractivity contribution in [1.29, 1.82) is 0 Å². The van der Waals surface area contributed by atoms with E-state index in [-0.39, 0.29) is 0 Å². The van der Waals surface area contributed by atoms with E-state index in [0.717, 1.165) is 17.7 Å². The van der Waals surface area contributed by atoms with Crippen molar-refractivity contribution in [2.45, 2.75) is 91.0 Å². The highest BCUT2D eigenvalue weighted by Crippen LogP contribution is 2.44. The maximum absolute atomic E-state index is 3.47. The molecule has 3 aromatic heterocycles. The average molecular weight is 626 g/mol. The summed E-state index contributed by atoms with van der Waals surface area (Å²) < 4.78 is 8.02. The maximum atomic E-state index is 3.47. The van der Waals surface area contributed by atoms with Crippen LogP contribution in [0.4, 0.5) is 0 Å². The van der Waals surface area contributed by atoms with E-state index in [0.29, 0.717) is 0 Å². The molecule has 7 aromatic rings. The van der Waals surface area contributed by atoms with Crippen LogP contribution in [0.2, 0.25) is 0 Å². The third-order valence-corrected chi connectivity index (χ3v) is 11.9. The first kappa shape index (κ1) is 30.1. The Morgan fingerprint density at radius 2 is 1.13 bits per heavy atom. The summed E-state index contributed by atoms with van der Waals surface area (Å²) in [5.41, 5.74) is 6.21. The quantitative estimate of drug-likeness (QED) is 0.0940. The number of hydrogen-bond acceptors (Lipinski definition) is 2. The number of aromatic nitrogens is 1. The highest BCUT2D eigenvalue weighted by Gasteiger charge is 2.13. The van der Waals surface area contributed by atoms with E-state index in [2.05, 4.69) is 109 Å². The Labute approximate surface area is 275 Å². The lowest BCUT2D eigenvalue weighted by atomic mass is 10.0. The summed E-state index contributed by atoms with van der Waals surface area (Å²) in [4.78, 5) is 0. The fourth-order valence-corrected chi connectivity index (χ4v) is 9.72. The largest absolute Gasteiger partial charge is 0.341 e. The van der Waals surface area contributed by atoms with Gasteiger partial charge in [0.25, 0.3) is 0 Å². The standard InChI is InChI=1S/C42H43NS2/c1-3-5-6-7-8-9-10-11-12-13-16-30-21-24-34-39(28-30)44-42-35-25-22-32(29-40(35)45-41(34)42)20-19-31-23-26-38-36(27-31)33-17-14-15-18-37(33)43(38)4-2/h14-15,17-18,21-29H,3-13,16H2,1-2H3. The summed E-state index contributed by atoms with van der Waals surface area (Å²) >= 11 is 3.89. The molecule has 228 valence electrons. The van der Waals surface area contributed by atoms with Crippen molar-refractivity contribution in [2.24, 2.45) is 0 Å². The van der Waals surface area contributed by atoms with Crippen LogP contribution in [-0.2, 0) is 13.0 Å². The molecular weight excluding hydrogens is 583 g/mol. The molecule has 0 bridgehead atoms. The lowest BCUT2D eigenvalue weighted by Gasteiger charge is -2.03. The molecule has 0 aliphatic carbocycles. The Morgan fingerprint density at radius 3 is 1.87 bits per heavy atom. The molecule has 0 radical (unpaired) electrons. The van der Waals surface area contributed by atoms with Crippen LogP contribution >= 0.6 is 22.7 Å². The van der Waals surface area contributed by atoms with Gasteiger partial charge < -0.3 is 4.57 Å². The zero-order chi connectivity index (χ0) is 30.6. The smallest absolute Gasteiger partial charge is 0.0542 e. The van der Waals surface area contributed by atoms with Gasteiger partial charge >= 0.3 is 0 Å². The molecule has 0 aliphatic rings. The molecule has 0 N–H and O–H groups in total. The number of benzene rings is 4. The molecule has 45 heavy (non-hydrogen) atoms. The third kappa shape index (κ3) is 6.29. The van der Waals surface area contributed by atoms with Crippen LogP contribution < -0.4 is 0 Å². The topological polar surface area (TPSA) is 4.93 Å². The van der Waals surface area contributed by atoms with Crippen molar-refractivity contribution >= 4 is 74.1 Å². The number of unbranched alkanes of at least 4 members (excludes halogenated alkanes) is 9. The number of thiophene rings is 2. The normalized spacial score (nSPS) is 11.8. The van der Waals surface area contributed by atoms with Gasteiger partial charge in [-0.15, -0.1) is 22.7 Å². The van der Waals surface area contributed by atoms with Crippen molar-refractivity contribution in [3.05, 3.63) is 95.6 Å². The predicted molar refractivity (Wildman–Crippen MR) is 201 cm³/mol. The SMILES string of the molecule is CCCCCCCCCCCCc1ccc2c(c1)sc1c3ccc(C#Cc4ccc5c(c4)c4ccccc4n5CC)cc3sc21. The molecule has 0 spiro atoms. The zero-order valence-electron chi connectivity index (χ0n) is 26.8. The predicted octanol–water partition coefficient (Wildman–Crippen LogP) is 13.3. The highest BCUT2D eigenvalue weighted by molar-refractivity contribution is 7.36. The molecule has 0 unspecified atom stereocenters. The second kappa shape index (κ2) is 13.8. The minimum atomic E-state index is 0.961. The minimum Gasteiger partial charge on any atom is -0.341 e. The molecule has 1 nitrogen and oxygen atoms in total. The van der Waals surface area contributed by atoms with Crippen LogP contribution in [0, 0.1) is 11.8 Å². The van der Waals surface area contributed by atoms with E-state index >= 15 is 0 Å². The van der Waals surface area contributed by atoms with Gasteiger partial charge in [0.15, 0.2) is 0 Å². The number of nitrogens with zero attached hydrogens (tertiary/aromatic N) is 1. The molecule has 0 saturated carbocycles. The zero-order valence-corrected chi connectivity index (χ0v) is 28.4. The molecule has 3 heteroatoms. The Balaban J connectivity index is 1.03. The van der Waals surface area contributed by atoms with Gasteiger partial charge in [-0.2, -0.15) is 0 Å². The number of rotatable bonds is 12. The summed E-state index contributed by atoms with van der Waals surface area (Å²) in [5.74, 6) is 6.93. The summed E-state index contributed by atoms with van der Waals surface area (Å²) in [7, 11) is 0. The van der Waals surface area contributed by atoms with Crippen LogP contribution in [0.15, 0.2) is 78.9 Å². The second-order valence-corrected chi connectivity index (χ2v) is 14.7. The number of fused-ring (bicyclic) bond motifs is 8. The molecule has 4 aromatic carbocycles. The Bertz CT molecular complexity index is 2160. The van der Waals surface area contributed by atoms with Crippen molar-refractivity contribution < 1.29 is 0 Å². The van der Waals surface area contributed by atoms with E-state index in [1.54, 1.807) is 0 Å². The summed E-state index contributed by atoms with van der Waals surface area (Å²) in [6.07, 6.45) is 15.1. The Hall–Kier alpha value is -3.58. The molecule has 0 atom stereocenters. The Morgan fingerprint density at radius 1 is 0.533 bits per heavy atom. The van der Waals surface area contributed by atoms with Crippen molar-refractivity contribution in [2.75, 3.05) is 0 Å². The summed E-state index contributed by atoms with van der Waals surface area (Å²) in [6, 6.07) is 29.3. The minimum absolute atomic E-state index is 0.961. The van der Waals surface area contributed by atoms with Crippen molar-refractivity contribution in [1.82, 2.24) is 4.57 Å². The highest BCUT2D eigenvalue weighted by atomic mass is 32.1. The van der Waals surface area contributed by atoms with Crippen molar-refractivity contribution in [3.63, 3.8) is 0 Å². The van der Waals surface area contributed by atoms with Gasteiger partial charge in [0, 0.05) is 59.6 Å². The van der Waals surface area contributed by atoms with Gasteiger partial charge in [-0.25, -0.2) is 0 Å².